The smallest absolute Gasteiger partial charge is 0.0833 e. The first-order chi connectivity index (χ1) is 8.09. The van der Waals surface area contributed by atoms with Gasteiger partial charge in [-0.3, -0.25) is 0 Å². The van der Waals surface area contributed by atoms with Gasteiger partial charge in [0.15, 0.2) is 0 Å². The Labute approximate surface area is 113 Å². The van der Waals surface area contributed by atoms with Crippen molar-refractivity contribution < 1.29 is 5.11 Å². The lowest BCUT2D eigenvalue weighted by Gasteiger charge is -2.31. The zero-order valence-corrected chi connectivity index (χ0v) is 11.5. The van der Waals surface area contributed by atoms with Crippen LogP contribution in [0.15, 0.2) is 18.2 Å². The summed E-state index contributed by atoms with van der Waals surface area (Å²) in [5.41, 5.74) is 0.776. The summed E-state index contributed by atoms with van der Waals surface area (Å²) >= 11 is 12.1. The van der Waals surface area contributed by atoms with Crippen molar-refractivity contribution in [1.82, 2.24) is 0 Å². The molecule has 17 heavy (non-hydrogen) atoms. The lowest BCUT2D eigenvalue weighted by molar-refractivity contribution is 0.0715. The van der Waals surface area contributed by atoms with E-state index in [0.717, 1.165) is 18.4 Å². The van der Waals surface area contributed by atoms with Gasteiger partial charge in [-0.15, -0.1) is 0 Å². The molecule has 0 aliphatic heterocycles. The minimum Gasteiger partial charge on any atom is -0.388 e. The lowest BCUT2D eigenvalue weighted by atomic mass is 9.78. The van der Waals surface area contributed by atoms with Crippen molar-refractivity contribution in [1.29, 1.82) is 0 Å². The highest BCUT2D eigenvalue weighted by atomic mass is 35.5. The van der Waals surface area contributed by atoms with Crippen molar-refractivity contribution in [3.05, 3.63) is 33.8 Å². The van der Waals surface area contributed by atoms with Gasteiger partial charge in [0.2, 0.25) is 0 Å². The van der Waals surface area contributed by atoms with Crippen molar-refractivity contribution in [3.8, 4) is 0 Å². The first kappa shape index (κ1) is 13.2. The molecule has 1 fully saturated rings. The fraction of sp³-hybridized carbons (Fsp3) is 0.571. The van der Waals surface area contributed by atoms with Crippen LogP contribution < -0.4 is 0 Å². The maximum Gasteiger partial charge on any atom is 0.0833 e. The summed E-state index contributed by atoms with van der Waals surface area (Å²) in [6, 6.07) is 5.47. The molecule has 1 aromatic carbocycles. The molecule has 3 heteroatoms. The third kappa shape index (κ3) is 2.96. The molecule has 1 N–H and O–H groups in total. The molecule has 0 bridgehead atoms. The highest BCUT2D eigenvalue weighted by molar-refractivity contribution is 6.42. The van der Waals surface area contributed by atoms with Gasteiger partial charge in [-0.25, -0.2) is 0 Å². The Hall–Kier alpha value is -0.240. The minimum atomic E-state index is -0.482. The topological polar surface area (TPSA) is 20.2 Å². The average Bonchev–Trinajstić information content (AvgIpc) is 2.32. The molecule has 0 heterocycles. The van der Waals surface area contributed by atoms with E-state index in [1.807, 2.05) is 12.1 Å². The van der Waals surface area contributed by atoms with E-state index in [2.05, 4.69) is 6.92 Å². The fourth-order valence-corrected chi connectivity index (χ4v) is 3.19. The minimum absolute atomic E-state index is 0.315. The van der Waals surface area contributed by atoms with Crippen LogP contribution in [0.4, 0.5) is 0 Å². The van der Waals surface area contributed by atoms with Gasteiger partial charge in [-0.2, -0.15) is 0 Å². The number of aliphatic hydroxyl groups excluding tert-OH is 1. The van der Waals surface area contributed by atoms with Crippen LogP contribution in [0.3, 0.4) is 0 Å². The molecule has 3 atom stereocenters. The summed E-state index contributed by atoms with van der Waals surface area (Å²) in [5.74, 6) is 1.01. The van der Waals surface area contributed by atoms with Gasteiger partial charge < -0.3 is 5.11 Å². The second-order valence-corrected chi connectivity index (χ2v) is 5.90. The number of benzene rings is 1. The van der Waals surface area contributed by atoms with Gasteiger partial charge in [-0.05, 0) is 30.7 Å². The van der Waals surface area contributed by atoms with E-state index < -0.39 is 6.10 Å². The maximum atomic E-state index is 10.4. The van der Waals surface area contributed by atoms with Crippen molar-refractivity contribution in [3.63, 3.8) is 0 Å². The predicted molar refractivity (Wildman–Crippen MR) is 72.5 cm³/mol. The van der Waals surface area contributed by atoms with Crippen LogP contribution in [0.2, 0.25) is 10.0 Å². The predicted octanol–water partition coefficient (Wildman–Crippen LogP) is 4.85. The Morgan fingerprint density at radius 1 is 1.29 bits per heavy atom. The van der Waals surface area contributed by atoms with E-state index in [1.54, 1.807) is 6.07 Å². The van der Waals surface area contributed by atoms with E-state index in [4.69, 9.17) is 23.2 Å². The second-order valence-electron chi connectivity index (χ2n) is 5.12. The molecule has 1 aliphatic rings. The zero-order chi connectivity index (χ0) is 12.4. The highest BCUT2D eigenvalue weighted by Gasteiger charge is 2.27. The summed E-state index contributed by atoms with van der Waals surface area (Å²) in [5, 5.41) is 11.4. The van der Waals surface area contributed by atoms with Crippen LogP contribution in [0.5, 0.6) is 0 Å². The van der Waals surface area contributed by atoms with Crippen LogP contribution >= 0.6 is 23.2 Å². The molecule has 0 amide bonds. The molecule has 0 radical (unpaired) electrons. The van der Waals surface area contributed by atoms with Crippen LogP contribution in [0.1, 0.15) is 44.3 Å². The Bertz CT molecular complexity index is 392. The van der Waals surface area contributed by atoms with Crippen LogP contribution in [-0.4, -0.2) is 5.11 Å². The molecule has 1 aliphatic carbocycles. The molecule has 1 aromatic rings. The molecule has 0 saturated heterocycles. The third-order valence-corrected chi connectivity index (χ3v) is 4.56. The Balaban J connectivity index is 2.18. The van der Waals surface area contributed by atoms with Crippen molar-refractivity contribution in [2.24, 2.45) is 11.8 Å². The van der Waals surface area contributed by atoms with Crippen LogP contribution in [0.25, 0.3) is 0 Å². The number of aliphatic hydroxyl groups is 1. The molecule has 94 valence electrons. The monoisotopic (exact) mass is 272 g/mol. The molecule has 1 nitrogen and oxygen atoms in total. The van der Waals surface area contributed by atoms with E-state index in [0.29, 0.717) is 21.9 Å². The van der Waals surface area contributed by atoms with Gasteiger partial charge in [-0.1, -0.05) is 55.1 Å². The van der Waals surface area contributed by atoms with Gasteiger partial charge in [0.05, 0.1) is 16.1 Å². The lowest BCUT2D eigenvalue weighted by Crippen LogP contribution is -2.20. The van der Waals surface area contributed by atoms with Crippen LogP contribution in [-0.2, 0) is 0 Å². The van der Waals surface area contributed by atoms with E-state index >= 15 is 0 Å². The standard InChI is InChI=1S/C14H18Cl2O/c1-9-4-2-5-10(8-9)14(17)11-6-3-7-12(15)13(11)16/h3,6-7,9-10,14,17H,2,4-5,8H2,1H3. The van der Waals surface area contributed by atoms with Crippen LogP contribution in [0, 0.1) is 11.8 Å². The highest BCUT2D eigenvalue weighted by Crippen LogP contribution is 2.40. The summed E-state index contributed by atoms with van der Waals surface area (Å²) in [6.07, 6.45) is 4.13. The second kappa shape index (κ2) is 5.60. The number of rotatable bonds is 2. The largest absolute Gasteiger partial charge is 0.388 e. The number of hydrogen-bond donors (Lipinski definition) is 1. The van der Waals surface area contributed by atoms with Crippen molar-refractivity contribution in [2.45, 2.75) is 38.7 Å². The molecule has 0 aromatic heterocycles. The Kier molecular flexibility index (Phi) is 4.35. The average molecular weight is 273 g/mol. The normalized spacial score (nSPS) is 26.8. The molecular weight excluding hydrogens is 255 g/mol. The fourth-order valence-electron chi connectivity index (χ4n) is 2.77. The van der Waals surface area contributed by atoms with Crippen molar-refractivity contribution in [2.75, 3.05) is 0 Å². The third-order valence-electron chi connectivity index (χ3n) is 3.72. The summed E-state index contributed by atoms with van der Waals surface area (Å²) in [4.78, 5) is 0. The first-order valence-electron chi connectivity index (χ1n) is 6.21. The number of hydrogen-bond acceptors (Lipinski definition) is 1. The van der Waals surface area contributed by atoms with Gasteiger partial charge in [0.1, 0.15) is 0 Å². The van der Waals surface area contributed by atoms with E-state index in [-0.39, 0.29) is 0 Å². The number of halogens is 2. The maximum absolute atomic E-state index is 10.4. The van der Waals surface area contributed by atoms with E-state index in [9.17, 15) is 5.11 Å². The molecule has 0 spiro atoms. The first-order valence-corrected chi connectivity index (χ1v) is 6.97. The molecule has 2 rings (SSSR count). The van der Waals surface area contributed by atoms with Crippen molar-refractivity contribution >= 4 is 23.2 Å². The summed E-state index contributed by atoms with van der Waals surface area (Å²) < 4.78 is 0. The molecular formula is C14H18Cl2O. The SMILES string of the molecule is CC1CCCC(C(O)c2cccc(Cl)c2Cl)C1. The Morgan fingerprint density at radius 2 is 2.06 bits per heavy atom. The van der Waals surface area contributed by atoms with E-state index in [1.165, 1.54) is 12.8 Å². The summed E-state index contributed by atoms with van der Waals surface area (Å²) in [6.45, 7) is 2.25. The van der Waals surface area contributed by atoms with Gasteiger partial charge >= 0.3 is 0 Å². The van der Waals surface area contributed by atoms with Gasteiger partial charge in [0.25, 0.3) is 0 Å². The molecule has 1 saturated carbocycles. The summed E-state index contributed by atoms with van der Waals surface area (Å²) in [7, 11) is 0. The Morgan fingerprint density at radius 3 is 2.76 bits per heavy atom. The van der Waals surface area contributed by atoms with Gasteiger partial charge in [0, 0.05) is 5.56 Å². The molecule has 3 unspecified atom stereocenters. The zero-order valence-electron chi connectivity index (χ0n) is 10.00. The quantitative estimate of drug-likeness (QED) is 0.816.